The maximum absolute atomic E-state index is 5.78. The SMILES string of the molecule is CCN1CCOC(c2noc(C3(C)CCCCN3)n2)C1. The molecular formula is C14H24N4O2. The van der Waals surface area contributed by atoms with Crippen LogP contribution in [-0.4, -0.2) is 47.8 Å². The molecule has 3 rings (SSSR count). The summed E-state index contributed by atoms with van der Waals surface area (Å²) in [5.41, 5.74) is -0.178. The van der Waals surface area contributed by atoms with Gasteiger partial charge in [-0.05, 0) is 39.3 Å². The van der Waals surface area contributed by atoms with Crippen molar-refractivity contribution >= 4 is 0 Å². The standard InChI is InChI=1S/C14H24N4O2/c1-3-18-8-9-19-11(10-18)12-16-13(20-17-12)14(2)6-4-5-7-15-14/h11,15H,3-10H2,1-2H3. The van der Waals surface area contributed by atoms with E-state index in [0.29, 0.717) is 11.7 Å². The second kappa shape index (κ2) is 5.79. The molecule has 2 unspecified atom stereocenters. The van der Waals surface area contributed by atoms with Crippen LogP contribution < -0.4 is 5.32 Å². The van der Waals surface area contributed by atoms with Crippen molar-refractivity contribution in [2.24, 2.45) is 0 Å². The van der Waals surface area contributed by atoms with Crippen molar-refractivity contribution in [2.45, 2.75) is 44.8 Å². The zero-order valence-corrected chi connectivity index (χ0v) is 12.4. The molecule has 0 amide bonds. The molecule has 2 atom stereocenters. The van der Waals surface area contributed by atoms with Crippen LogP contribution in [0.2, 0.25) is 0 Å². The van der Waals surface area contributed by atoms with Crippen LogP contribution in [0.5, 0.6) is 0 Å². The summed E-state index contributed by atoms with van der Waals surface area (Å²) >= 11 is 0. The molecule has 1 aromatic heterocycles. The third kappa shape index (κ3) is 2.73. The first-order valence-electron chi connectivity index (χ1n) is 7.64. The molecule has 6 heteroatoms. The van der Waals surface area contributed by atoms with Crippen molar-refractivity contribution in [1.29, 1.82) is 0 Å². The van der Waals surface area contributed by atoms with Gasteiger partial charge in [0, 0.05) is 13.1 Å². The molecule has 0 saturated carbocycles. The maximum Gasteiger partial charge on any atom is 0.246 e. The molecule has 0 bridgehead atoms. The molecule has 0 aliphatic carbocycles. The van der Waals surface area contributed by atoms with Crippen LogP contribution in [0, 0.1) is 0 Å². The van der Waals surface area contributed by atoms with Crippen LogP contribution in [0.1, 0.15) is 50.9 Å². The normalized spacial score (nSPS) is 32.4. The summed E-state index contributed by atoms with van der Waals surface area (Å²) in [5, 5.41) is 7.65. The largest absolute Gasteiger partial charge is 0.367 e. The van der Waals surface area contributed by atoms with Crippen molar-refractivity contribution in [2.75, 3.05) is 32.8 Å². The van der Waals surface area contributed by atoms with Crippen LogP contribution >= 0.6 is 0 Å². The number of nitrogens with one attached hydrogen (secondary N) is 1. The number of aromatic nitrogens is 2. The maximum atomic E-state index is 5.78. The third-order valence-electron chi connectivity index (χ3n) is 4.42. The van der Waals surface area contributed by atoms with Crippen molar-refractivity contribution in [3.63, 3.8) is 0 Å². The molecule has 0 radical (unpaired) electrons. The summed E-state index contributed by atoms with van der Waals surface area (Å²) in [5.74, 6) is 1.39. The predicted octanol–water partition coefficient (Wildman–Crippen LogP) is 1.45. The fourth-order valence-electron chi connectivity index (χ4n) is 2.97. The number of rotatable bonds is 3. The zero-order valence-electron chi connectivity index (χ0n) is 12.4. The number of likely N-dealkylation sites (N-methyl/N-ethyl adjacent to an activating group) is 1. The Kier molecular flexibility index (Phi) is 4.05. The van der Waals surface area contributed by atoms with Gasteiger partial charge < -0.3 is 14.6 Å². The topological polar surface area (TPSA) is 63.4 Å². The number of hydrogen-bond acceptors (Lipinski definition) is 6. The number of nitrogens with zero attached hydrogens (tertiary/aromatic N) is 3. The number of hydrogen-bond donors (Lipinski definition) is 1. The highest BCUT2D eigenvalue weighted by Gasteiger charge is 2.35. The zero-order chi connectivity index (χ0) is 14.0. The summed E-state index contributed by atoms with van der Waals surface area (Å²) in [6.07, 6.45) is 3.40. The van der Waals surface area contributed by atoms with Crippen molar-refractivity contribution in [1.82, 2.24) is 20.4 Å². The molecule has 2 aliphatic heterocycles. The van der Waals surface area contributed by atoms with Crippen LogP contribution in [-0.2, 0) is 10.3 Å². The molecule has 0 aromatic carbocycles. The second-order valence-electron chi connectivity index (χ2n) is 5.93. The van der Waals surface area contributed by atoms with E-state index in [4.69, 9.17) is 9.26 Å². The quantitative estimate of drug-likeness (QED) is 0.904. The summed E-state index contributed by atoms with van der Waals surface area (Å²) in [6, 6.07) is 0. The van der Waals surface area contributed by atoms with E-state index in [9.17, 15) is 0 Å². The lowest BCUT2D eigenvalue weighted by Crippen LogP contribution is -2.43. The number of ether oxygens (including phenoxy) is 1. The van der Waals surface area contributed by atoms with Crippen molar-refractivity contribution < 1.29 is 9.26 Å². The van der Waals surface area contributed by atoms with E-state index in [1.54, 1.807) is 0 Å². The van der Waals surface area contributed by atoms with Gasteiger partial charge in [0.05, 0.1) is 12.1 Å². The molecule has 112 valence electrons. The van der Waals surface area contributed by atoms with E-state index in [1.807, 2.05) is 0 Å². The molecule has 0 spiro atoms. The van der Waals surface area contributed by atoms with E-state index in [2.05, 4.69) is 34.2 Å². The average Bonchev–Trinajstić information content (AvgIpc) is 2.99. The minimum atomic E-state index is -0.178. The monoisotopic (exact) mass is 280 g/mol. The third-order valence-corrected chi connectivity index (χ3v) is 4.42. The molecule has 2 aliphatic rings. The summed E-state index contributed by atoms with van der Waals surface area (Å²) in [4.78, 5) is 6.96. The molecule has 1 N–H and O–H groups in total. The van der Waals surface area contributed by atoms with E-state index in [-0.39, 0.29) is 11.6 Å². The summed E-state index contributed by atoms with van der Waals surface area (Å²) in [6.45, 7) is 8.91. The molecule has 20 heavy (non-hydrogen) atoms. The van der Waals surface area contributed by atoms with E-state index in [1.165, 1.54) is 12.8 Å². The first kappa shape index (κ1) is 14.0. The Hall–Kier alpha value is -0.980. The molecule has 2 fully saturated rings. The van der Waals surface area contributed by atoms with Crippen LogP contribution in [0.3, 0.4) is 0 Å². The van der Waals surface area contributed by atoms with Gasteiger partial charge in [0.15, 0.2) is 0 Å². The fourth-order valence-corrected chi connectivity index (χ4v) is 2.97. The fraction of sp³-hybridized carbons (Fsp3) is 0.857. The summed E-state index contributed by atoms with van der Waals surface area (Å²) in [7, 11) is 0. The lowest BCUT2D eigenvalue weighted by atomic mass is 9.91. The lowest BCUT2D eigenvalue weighted by molar-refractivity contribution is -0.0334. The van der Waals surface area contributed by atoms with E-state index in [0.717, 1.165) is 39.2 Å². The van der Waals surface area contributed by atoms with Crippen LogP contribution in [0.25, 0.3) is 0 Å². The molecular weight excluding hydrogens is 256 g/mol. The van der Waals surface area contributed by atoms with Gasteiger partial charge >= 0.3 is 0 Å². The number of morpholine rings is 1. The number of piperidine rings is 1. The molecule has 2 saturated heterocycles. The molecule has 6 nitrogen and oxygen atoms in total. The lowest BCUT2D eigenvalue weighted by Gasteiger charge is -2.31. The first-order chi connectivity index (χ1) is 9.71. The van der Waals surface area contributed by atoms with Gasteiger partial charge in [-0.15, -0.1) is 0 Å². The van der Waals surface area contributed by atoms with Gasteiger partial charge in [-0.3, -0.25) is 4.90 Å². The highest BCUT2D eigenvalue weighted by Crippen LogP contribution is 2.30. The van der Waals surface area contributed by atoms with E-state index >= 15 is 0 Å². The van der Waals surface area contributed by atoms with Gasteiger partial charge in [0.25, 0.3) is 0 Å². The van der Waals surface area contributed by atoms with Crippen LogP contribution in [0.4, 0.5) is 0 Å². The Bertz CT molecular complexity index is 442. The Labute approximate surface area is 119 Å². The second-order valence-corrected chi connectivity index (χ2v) is 5.93. The van der Waals surface area contributed by atoms with Gasteiger partial charge in [0.1, 0.15) is 6.10 Å². The Balaban J connectivity index is 1.73. The van der Waals surface area contributed by atoms with Gasteiger partial charge in [-0.1, -0.05) is 12.1 Å². The Morgan fingerprint density at radius 1 is 1.45 bits per heavy atom. The van der Waals surface area contributed by atoms with Crippen LogP contribution in [0.15, 0.2) is 4.52 Å². The van der Waals surface area contributed by atoms with Gasteiger partial charge in [-0.2, -0.15) is 4.98 Å². The van der Waals surface area contributed by atoms with Gasteiger partial charge in [0.2, 0.25) is 11.7 Å². The molecule has 1 aromatic rings. The predicted molar refractivity (Wildman–Crippen MR) is 74.3 cm³/mol. The smallest absolute Gasteiger partial charge is 0.246 e. The average molecular weight is 280 g/mol. The minimum absolute atomic E-state index is 0.0617. The van der Waals surface area contributed by atoms with Crippen molar-refractivity contribution in [3.05, 3.63) is 11.7 Å². The Morgan fingerprint density at radius 3 is 3.10 bits per heavy atom. The Morgan fingerprint density at radius 2 is 2.35 bits per heavy atom. The summed E-state index contributed by atoms with van der Waals surface area (Å²) < 4.78 is 11.3. The minimum Gasteiger partial charge on any atom is -0.367 e. The van der Waals surface area contributed by atoms with Crippen molar-refractivity contribution in [3.8, 4) is 0 Å². The van der Waals surface area contributed by atoms with E-state index < -0.39 is 0 Å². The first-order valence-corrected chi connectivity index (χ1v) is 7.64. The highest BCUT2D eigenvalue weighted by atomic mass is 16.5. The molecule has 3 heterocycles. The highest BCUT2D eigenvalue weighted by molar-refractivity contribution is 5.05. The van der Waals surface area contributed by atoms with Gasteiger partial charge in [-0.25, -0.2) is 0 Å².